The molecule has 0 atom stereocenters. The van der Waals surface area contributed by atoms with Gasteiger partial charge in [0.1, 0.15) is 10.9 Å². The lowest BCUT2D eigenvalue weighted by Crippen LogP contribution is -2.10. The van der Waals surface area contributed by atoms with Crippen LogP contribution in [0.25, 0.3) is 0 Å². The first-order valence-electron chi connectivity index (χ1n) is 5.08. The highest BCUT2D eigenvalue weighted by molar-refractivity contribution is 7.98. The third kappa shape index (κ3) is 3.29. The molecule has 5 heteroatoms. The summed E-state index contributed by atoms with van der Waals surface area (Å²) in [4.78, 5) is 8.19. The van der Waals surface area contributed by atoms with E-state index in [-0.39, 0.29) is 5.84 Å². The molecule has 1 aromatic heterocycles. The van der Waals surface area contributed by atoms with Crippen molar-refractivity contribution in [2.45, 2.75) is 10.8 Å². The summed E-state index contributed by atoms with van der Waals surface area (Å²) in [6.45, 7) is 0. The van der Waals surface area contributed by atoms with Gasteiger partial charge in [0.2, 0.25) is 0 Å². The number of benzene rings is 1. The fourth-order valence-corrected chi connectivity index (χ4v) is 2.08. The zero-order valence-corrected chi connectivity index (χ0v) is 9.95. The number of nitrogens with two attached hydrogens (primary N) is 1. The Hall–Kier alpha value is -1.88. The van der Waals surface area contributed by atoms with Gasteiger partial charge in [-0.15, -0.1) is 11.8 Å². The van der Waals surface area contributed by atoms with Gasteiger partial charge in [0.25, 0.3) is 0 Å². The Morgan fingerprint density at radius 2 is 2.00 bits per heavy atom. The second kappa shape index (κ2) is 5.45. The van der Waals surface area contributed by atoms with Gasteiger partial charge in [-0.05, 0) is 5.56 Å². The minimum atomic E-state index is 0.0955. The van der Waals surface area contributed by atoms with Gasteiger partial charge >= 0.3 is 0 Å². The summed E-state index contributed by atoms with van der Waals surface area (Å²) in [6.07, 6.45) is 5.08. The summed E-state index contributed by atoms with van der Waals surface area (Å²) in [5.74, 6) is 0.926. The largest absolute Gasteiger partial charge is 0.384 e. The Kier molecular flexibility index (Phi) is 3.72. The van der Waals surface area contributed by atoms with Crippen molar-refractivity contribution < 1.29 is 0 Å². The minimum Gasteiger partial charge on any atom is -0.384 e. The van der Waals surface area contributed by atoms with E-state index in [2.05, 4.69) is 9.97 Å². The second-order valence-electron chi connectivity index (χ2n) is 3.44. The molecule has 0 unspecified atom stereocenters. The molecule has 0 aliphatic rings. The lowest BCUT2D eigenvalue weighted by Gasteiger charge is -2.02. The van der Waals surface area contributed by atoms with Crippen molar-refractivity contribution in [1.29, 1.82) is 5.41 Å². The van der Waals surface area contributed by atoms with Gasteiger partial charge in [-0.1, -0.05) is 24.3 Å². The van der Waals surface area contributed by atoms with Crippen LogP contribution >= 0.6 is 11.8 Å². The van der Waals surface area contributed by atoms with Crippen LogP contribution < -0.4 is 5.73 Å². The minimum absolute atomic E-state index is 0.0955. The molecular weight excluding hydrogens is 232 g/mol. The van der Waals surface area contributed by atoms with E-state index in [0.717, 1.165) is 16.3 Å². The molecule has 0 aliphatic heterocycles. The van der Waals surface area contributed by atoms with E-state index in [1.165, 1.54) is 5.56 Å². The molecular formula is C12H12N4S. The van der Waals surface area contributed by atoms with Crippen molar-refractivity contribution in [3.05, 3.63) is 54.0 Å². The lowest BCUT2D eigenvalue weighted by atomic mass is 10.1. The summed E-state index contributed by atoms with van der Waals surface area (Å²) < 4.78 is 0. The molecule has 0 spiro atoms. The third-order valence-corrected chi connectivity index (χ3v) is 3.18. The van der Waals surface area contributed by atoms with Gasteiger partial charge in [-0.2, -0.15) is 0 Å². The highest BCUT2D eigenvalue weighted by Crippen LogP contribution is 2.19. The van der Waals surface area contributed by atoms with Crippen LogP contribution in [0, 0.1) is 5.41 Å². The van der Waals surface area contributed by atoms with Gasteiger partial charge in [0.15, 0.2) is 0 Å². The van der Waals surface area contributed by atoms with Crippen LogP contribution in [-0.2, 0) is 5.75 Å². The van der Waals surface area contributed by atoms with Gasteiger partial charge < -0.3 is 5.73 Å². The monoisotopic (exact) mass is 244 g/mol. The number of aromatic nitrogens is 2. The van der Waals surface area contributed by atoms with Crippen molar-refractivity contribution in [2.75, 3.05) is 0 Å². The molecule has 3 N–H and O–H groups in total. The number of thioether (sulfide) groups is 1. The van der Waals surface area contributed by atoms with Crippen LogP contribution in [0.15, 0.2) is 47.9 Å². The van der Waals surface area contributed by atoms with E-state index in [4.69, 9.17) is 11.1 Å². The predicted molar refractivity (Wildman–Crippen MR) is 69.1 cm³/mol. The van der Waals surface area contributed by atoms with Crippen molar-refractivity contribution in [1.82, 2.24) is 9.97 Å². The summed E-state index contributed by atoms with van der Waals surface area (Å²) in [5.41, 5.74) is 7.31. The number of hydrogen-bond donors (Lipinski definition) is 2. The number of rotatable bonds is 4. The Labute approximate surface area is 104 Å². The number of nitrogen functional groups attached to an aromatic ring is 1. The van der Waals surface area contributed by atoms with Crippen molar-refractivity contribution in [3.63, 3.8) is 0 Å². The quantitative estimate of drug-likeness (QED) is 0.490. The Morgan fingerprint density at radius 1 is 1.24 bits per heavy atom. The molecule has 0 radical (unpaired) electrons. The fraction of sp³-hybridized carbons (Fsp3) is 0.0833. The molecule has 0 saturated carbocycles. The molecule has 0 fully saturated rings. The number of amidine groups is 1. The molecule has 1 heterocycles. The van der Waals surface area contributed by atoms with Gasteiger partial charge in [0.05, 0.1) is 6.20 Å². The van der Waals surface area contributed by atoms with E-state index in [9.17, 15) is 0 Å². The van der Waals surface area contributed by atoms with E-state index in [1.54, 1.807) is 30.4 Å². The predicted octanol–water partition coefficient (Wildman–Crippen LogP) is 2.05. The molecule has 0 bridgehead atoms. The van der Waals surface area contributed by atoms with Crippen LogP contribution in [0.1, 0.15) is 11.1 Å². The van der Waals surface area contributed by atoms with Crippen LogP contribution in [0.2, 0.25) is 0 Å². The molecule has 0 saturated heterocycles. The van der Waals surface area contributed by atoms with Crippen LogP contribution in [0.5, 0.6) is 0 Å². The summed E-state index contributed by atoms with van der Waals surface area (Å²) >= 11 is 1.63. The summed E-state index contributed by atoms with van der Waals surface area (Å²) in [5, 5.41) is 8.20. The molecule has 0 aliphatic carbocycles. The Morgan fingerprint density at radius 3 is 2.59 bits per heavy atom. The molecule has 2 rings (SSSR count). The summed E-state index contributed by atoms with van der Waals surface area (Å²) in [6, 6.07) is 7.66. The SMILES string of the molecule is N=C(N)c1ccc(CSc2cnccn2)cc1. The van der Waals surface area contributed by atoms with E-state index in [1.807, 2.05) is 24.3 Å². The smallest absolute Gasteiger partial charge is 0.122 e. The van der Waals surface area contributed by atoms with Gasteiger partial charge in [-0.25, -0.2) is 4.98 Å². The lowest BCUT2D eigenvalue weighted by molar-refractivity contribution is 1.05. The Balaban J connectivity index is 1.98. The molecule has 1 aromatic carbocycles. The van der Waals surface area contributed by atoms with Crippen LogP contribution in [0.3, 0.4) is 0 Å². The number of hydrogen-bond acceptors (Lipinski definition) is 4. The molecule has 2 aromatic rings. The topological polar surface area (TPSA) is 75.7 Å². The molecule has 86 valence electrons. The van der Waals surface area contributed by atoms with E-state index >= 15 is 0 Å². The van der Waals surface area contributed by atoms with Crippen LogP contribution in [-0.4, -0.2) is 15.8 Å². The third-order valence-electron chi connectivity index (χ3n) is 2.19. The first-order chi connectivity index (χ1) is 8.25. The maximum atomic E-state index is 7.30. The van der Waals surface area contributed by atoms with Gasteiger partial charge in [-0.3, -0.25) is 10.4 Å². The number of nitrogens with one attached hydrogen (secondary N) is 1. The number of nitrogens with zero attached hydrogens (tertiary/aromatic N) is 2. The standard InChI is InChI=1S/C12H12N4S/c13-12(14)10-3-1-9(2-4-10)8-17-11-7-15-5-6-16-11/h1-7H,8H2,(H3,13,14). The zero-order chi connectivity index (χ0) is 12.1. The summed E-state index contributed by atoms with van der Waals surface area (Å²) in [7, 11) is 0. The van der Waals surface area contributed by atoms with Gasteiger partial charge in [0, 0.05) is 23.7 Å². The highest BCUT2D eigenvalue weighted by Gasteiger charge is 1.99. The van der Waals surface area contributed by atoms with Crippen molar-refractivity contribution in [3.8, 4) is 0 Å². The fourth-order valence-electron chi connectivity index (χ4n) is 1.30. The molecule has 0 amide bonds. The van der Waals surface area contributed by atoms with E-state index in [0.29, 0.717) is 0 Å². The highest BCUT2D eigenvalue weighted by atomic mass is 32.2. The van der Waals surface area contributed by atoms with Crippen LogP contribution in [0.4, 0.5) is 0 Å². The average Bonchev–Trinajstić information content (AvgIpc) is 2.38. The molecule has 4 nitrogen and oxygen atoms in total. The van der Waals surface area contributed by atoms with Crippen molar-refractivity contribution >= 4 is 17.6 Å². The normalized spacial score (nSPS) is 10.1. The maximum absolute atomic E-state index is 7.30. The first-order valence-corrected chi connectivity index (χ1v) is 6.06. The average molecular weight is 244 g/mol. The second-order valence-corrected chi connectivity index (χ2v) is 4.44. The van der Waals surface area contributed by atoms with Crippen molar-refractivity contribution in [2.24, 2.45) is 5.73 Å². The Bertz CT molecular complexity index is 496. The van der Waals surface area contributed by atoms with E-state index < -0.39 is 0 Å². The molecule has 17 heavy (non-hydrogen) atoms. The maximum Gasteiger partial charge on any atom is 0.122 e. The first kappa shape index (κ1) is 11.6. The zero-order valence-electron chi connectivity index (χ0n) is 9.13.